The maximum atomic E-state index is 12.0. The monoisotopic (exact) mass is 471 g/mol. The number of benzene rings is 2. The standard InChI is InChI=1S/C23H29N5O4S/c1-17(20-8-4-6-19-5-2-3-7-21(19)20)27-11-9-18(10-12-27)14-28(33(31)32)15-23(30)25-13-22(29)26-16-24/h2-8,17-18H,9-15H2,1H3,(H,25,30)(H,26,29)(H,31,32). The molecule has 0 bridgehead atoms. The zero-order valence-corrected chi connectivity index (χ0v) is 19.4. The van der Waals surface area contributed by atoms with Crippen LogP contribution in [0.5, 0.6) is 0 Å². The fourth-order valence-corrected chi connectivity index (χ4v) is 4.87. The van der Waals surface area contributed by atoms with Gasteiger partial charge in [0, 0.05) is 12.6 Å². The number of fused-ring (bicyclic) bond motifs is 1. The first-order chi connectivity index (χ1) is 15.9. The van der Waals surface area contributed by atoms with E-state index in [-0.39, 0.29) is 25.0 Å². The summed E-state index contributed by atoms with van der Waals surface area (Å²) >= 11 is -2.30. The Hall–Kier alpha value is -2.84. The SMILES string of the molecule is CC(c1cccc2ccccc12)N1CCC(CN(CC(=O)NCC(=O)NC#N)S(=O)O)CC1. The molecule has 1 saturated heterocycles. The molecule has 2 amide bonds. The van der Waals surface area contributed by atoms with Gasteiger partial charge in [0.15, 0.2) is 6.19 Å². The van der Waals surface area contributed by atoms with Crippen LogP contribution < -0.4 is 10.6 Å². The molecular formula is C23H29N5O4S. The Labute approximate surface area is 196 Å². The van der Waals surface area contributed by atoms with Crippen LogP contribution in [0.25, 0.3) is 10.8 Å². The predicted octanol–water partition coefficient (Wildman–Crippen LogP) is 1.76. The van der Waals surface area contributed by atoms with Crippen molar-refractivity contribution in [1.82, 2.24) is 19.8 Å². The van der Waals surface area contributed by atoms with Crippen molar-refractivity contribution >= 4 is 33.9 Å². The Morgan fingerprint density at radius 2 is 1.91 bits per heavy atom. The Bertz CT molecular complexity index is 1040. The van der Waals surface area contributed by atoms with E-state index in [1.54, 1.807) is 0 Å². The molecule has 1 heterocycles. The van der Waals surface area contributed by atoms with Gasteiger partial charge in [-0.15, -0.1) is 0 Å². The van der Waals surface area contributed by atoms with Crippen LogP contribution in [0.2, 0.25) is 0 Å². The molecule has 2 unspecified atom stereocenters. The van der Waals surface area contributed by atoms with E-state index in [0.717, 1.165) is 25.9 Å². The summed E-state index contributed by atoms with van der Waals surface area (Å²) in [4.78, 5) is 25.7. The molecule has 1 aliphatic rings. The van der Waals surface area contributed by atoms with Crippen LogP contribution >= 0.6 is 0 Å². The minimum Gasteiger partial charge on any atom is -0.346 e. The van der Waals surface area contributed by atoms with E-state index in [0.29, 0.717) is 6.54 Å². The van der Waals surface area contributed by atoms with E-state index < -0.39 is 23.1 Å². The highest BCUT2D eigenvalue weighted by molar-refractivity contribution is 7.76. The molecule has 176 valence electrons. The van der Waals surface area contributed by atoms with Gasteiger partial charge in [0.2, 0.25) is 17.2 Å². The lowest BCUT2D eigenvalue weighted by molar-refractivity contribution is -0.125. The summed E-state index contributed by atoms with van der Waals surface area (Å²) in [5.74, 6) is -1.01. The van der Waals surface area contributed by atoms with Crippen LogP contribution in [0.4, 0.5) is 0 Å². The van der Waals surface area contributed by atoms with Gasteiger partial charge in [-0.3, -0.25) is 24.4 Å². The number of hydrogen-bond donors (Lipinski definition) is 3. The minimum atomic E-state index is -2.30. The molecule has 9 nitrogen and oxygen atoms in total. The number of piperidine rings is 1. The van der Waals surface area contributed by atoms with Crippen molar-refractivity contribution in [2.24, 2.45) is 5.92 Å². The molecule has 0 saturated carbocycles. The third kappa shape index (κ3) is 6.82. The molecule has 33 heavy (non-hydrogen) atoms. The number of carbonyl (C=O) groups excluding carboxylic acids is 2. The third-order valence-corrected chi connectivity index (χ3v) is 6.83. The second-order valence-corrected chi connectivity index (χ2v) is 9.19. The quantitative estimate of drug-likeness (QED) is 0.291. The number of nitrogens with zero attached hydrogens (tertiary/aromatic N) is 3. The highest BCUT2D eigenvalue weighted by Crippen LogP contribution is 2.31. The van der Waals surface area contributed by atoms with Crippen LogP contribution in [0, 0.1) is 17.4 Å². The molecule has 3 N–H and O–H groups in total. The molecule has 2 atom stereocenters. The Morgan fingerprint density at radius 3 is 2.61 bits per heavy atom. The third-order valence-electron chi connectivity index (χ3n) is 6.11. The van der Waals surface area contributed by atoms with Gasteiger partial charge in [-0.2, -0.15) is 9.57 Å². The van der Waals surface area contributed by atoms with E-state index in [9.17, 15) is 18.4 Å². The van der Waals surface area contributed by atoms with Gasteiger partial charge < -0.3 is 5.32 Å². The summed E-state index contributed by atoms with van der Waals surface area (Å²) in [5, 5.41) is 15.1. The molecule has 2 aromatic carbocycles. The summed E-state index contributed by atoms with van der Waals surface area (Å²) in [7, 11) is 0. The number of nitriles is 1. The Balaban J connectivity index is 1.52. The lowest BCUT2D eigenvalue weighted by Crippen LogP contribution is -2.45. The molecule has 0 radical (unpaired) electrons. The molecule has 2 aromatic rings. The molecule has 0 aromatic heterocycles. The fraction of sp³-hybridized carbons (Fsp3) is 0.435. The van der Waals surface area contributed by atoms with Crippen LogP contribution in [0.15, 0.2) is 42.5 Å². The zero-order chi connectivity index (χ0) is 23.8. The Kier molecular flexibility index (Phi) is 8.91. The van der Waals surface area contributed by atoms with Gasteiger partial charge in [0.1, 0.15) is 0 Å². The lowest BCUT2D eigenvalue weighted by Gasteiger charge is -2.37. The smallest absolute Gasteiger partial charge is 0.252 e. The average molecular weight is 472 g/mol. The van der Waals surface area contributed by atoms with Crippen molar-refractivity contribution in [3.05, 3.63) is 48.0 Å². The van der Waals surface area contributed by atoms with Gasteiger partial charge >= 0.3 is 0 Å². The maximum Gasteiger partial charge on any atom is 0.252 e. The number of amides is 2. The number of hydrogen-bond acceptors (Lipinski definition) is 5. The van der Waals surface area contributed by atoms with Crippen LogP contribution in [0.1, 0.15) is 31.4 Å². The second-order valence-electron chi connectivity index (χ2n) is 8.21. The number of likely N-dealkylation sites (tertiary alicyclic amines) is 1. The van der Waals surface area contributed by atoms with Gasteiger partial charge in [-0.05, 0) is 55.1 Å². The van der Waals surface area contributed by atoms with Crippen molar-refractivity contribution < 1.29 is 18.4 Å². The lowest BCUT2D eigenvalue weighted by atomic mass is 9.93. The van der Waals surface area contributed by atoms with Crippen LogP contribution in [-0.2, 0) is 20.9 Å². The molecule has 10 heteroatoms. The molecule has 0 aliphatic carbocycles. The fourth-order valence-electron chi connectivity index (χ4n) is 4.31. The van der Waals surface area contributed by atoms with E-state index in [1.807, 2.05) is 11.4 Å². The minimum absolute atomic E-state index is 0.187. The van der Waals surface area contributed by atoms with Crippen molar-refractivity contribution in [2.45, 2.75) is 25.8 Å². The van der Waals surface area contributed by atoms with Gasteiger partial charge in [0.05, 0.1) is 13.1 Å². The van der Waals surface area contributed by atoms with Crippen LogP contribution in [-0.4, -0.2) is 62.5 Å². The first-order valence-corrected chi connectivity index (χ1v) is 12.0. The van der Waals surface area contributed by atoms with Crippen molar-refractivity contribution in [1.29, 1.82) is 5.26 Å². The summed E-state index contributed by atoms with van der Waals surface area (Å²) in [6, 6.07) is 15.0. The molecule has 1 fully saturated rings. The predicted molar refractivity (Wildman–Crippen MR) is 126 cm³/mol. The Morgan fingerprint density at radius 1 is 1.21 bits per heavy atom. The second kappa shape index (κ2) is 11.9. The van der Waals surface area contributed by atoms with Crippen molar-refractivity contribution in [2.75, 3.05) is 32.7 Å². The molecule has 3 rings (SSSR count). The van der Waals surface area contributed by atoms with E-state index >= 15 is 0 Å². The van der Waals surface area contributed by atoms with Crippen LogP contribution in [0.3, 0.4) is 0 Å². The van der Waals surface area contributed by atoms with Crippen molar-refractivity contribution in [3.8, 4) is 6.19 Å². The van der Waals surface area contributed by atoms with E-state index in [4.69, 9.17) is 5.26 Å². The highest BCUT2D eigenvalue weighted by Gasteiger charge is 2.27. The topological polar surface area (TPSA) is 126 Å². The molecular weight excluding hydrogens is 442 g/mol. The molecule has 1 aliphatic heterocycles. The number of carbonyl (C=O) groups is 2. The van der Waals surface area contributed by atoms with E-state index in [1.165, 1.54) is 26.8 Å². The first-order valence-electron chi connectivity index (χ1n) is 10.9. The maximum absolute atomic E-state index is 12.0. The average Bonchev–Trinajstić information content (AvgIpc) is 2.82. The molecule has 0 spiro atoms. The summed E-state index contributed by atoms with van der Waals surface area (Å²) < 4.78 is 22.6. The van der Waals surface area contributed by atoms with E-state index in [2.05, 4.69) is 53.5 Å². The first kappa shape index (κ1) is 24.8. The highest BCUT2D eigenvalue weighted by atomic mass is 32.2. The summed E-state index contributed by atoms with van der Waals surface area (Å²) in [6.45, 7) is 3.60. The van der Waals surface area contributed by atoms with Gasteiger partial charge in [0.25, 0.3) is 5.91 Å². The largest absolute Gasteiger partial charge is 0.346 e. The number of nitrogens with one attached hydrogen (secondary N) is 2. The number of rotatable bonds is 9. The van der Waals surface area contributed by atoms with Gasteiger partial charge in [-0.1, -0.05) is 42.5 Å². The summed E-state index contributed by atoms with van der Waals surface area (Å²) in [6.07, 6.45) is 3.19. The zero-order valence-electron chi connectivity index (χ0n) is 18.6. The van der Waals surface area contributed by atoms with Crippen molar-refractivity contribution in [3.63, 3.8) is 0 Å². The van der Waals surface area contributed by atoms with Gasteiger partial charge in [-0.25, -0.2) is 4.21 Å². The normalized spacial score (nSPS) is 16.8. The summed E-state index contributed by atoms with van der Waals surface area (Å²) in [5.41, 5.74) is 1.29.